The Labute approximate surface area is 168 Å². The summed E-state index contributed by atoms with van der Waals surface area (Å²) in [4.78, 5) is 29.3. The van der Waals surface area contributed by atoms with Crippen molar-refractivity contribution in [2.75, 3.05) is 0 Å². The van der Waals surface area contributed by atoms with E-state index in [4.69, 9.17) is 15.2 Å². The third-order valence-electron chi connectivity index (χ3n) is 2.72. The minimum atomic E-state index is -0.869. The van der Waals surface area contributed by atoms with Gasteiger partial charge in [-0.25, -0.2) is 14.5 Å². The fourth-order valence-electron chi connectivity index (χ4n) is 1.81. The van der Waals surface area contributed by atoms with Gasteiger partial charge in [0.15, 0.2) is 0 Å². The molecular weight excluding hydrogens is 445 g/mol. The molecule has 0 aliphatic rings. The molecule has 7 nitrogen and oxygen atoms in total. The predicted octanol–water partition coefficient (Wildman–Crippen LogP) is 4.28. The molecule has 0 aliphatic carbocycles. The maximum atomic E-state index is 12.5. The minimum Gasteiger partial charge on any atom is -0.443 e. The highest BCUT2D eigenvalue weighted by Gasteiger charge is 2.26. The maximum Gasteiger partial charge on any atom is 0.437 e. The molecular formula is C18H26IN3O4. The van der Waals surface area contributed by atoms with Crippen LogP contribution in [0.2, 0.25) is 0 Å². The number of hydrogen-bond donors (Lipinski definition) is 1. The number of benzene rings is 1. The Balaban J connectivity index is 3.09. The van der Waals surface area contributed by atoms with Crippen molar-refractivity contribution in [2.24, 2.45) is 10.7 Å². The molecule has 0 atom stereocenters. The second kappa shape index (κ2) is 8.70. The van der Waals surface area contributed by atoms with Crippen LogP contribution in [0.4, 0.5) is 9.59 Å². The van der Waals surface area contributed by atoms with Gasteiger partial charge >= 0.3 is 12.2 Å². The van der Waals surface area contributed by atoms with E-state index in [-0.39, 0.29) is 12.5 Å². The molecule has 2 amide bonds. The quantitative estimate of drug-likeness (QED) is 0.395. The van der Waals surface area contributed by atoms with Gasteiger partial charge in [0.1, 0.15) is 11.2 Å². The summed E-state index contributed by atoms with van der Waals surface area (Å²) in [5.74, 6) is -0.285. The number of carbonyl (C=O) groups excluding carboxylic acids is 2. The van der Waals surface area contributed by atoms with Gasteiger partial charge in [-0.15, -0.1) is 4.99 Å². The van der Waals surface area contributed by atoms with Crippen LogP contribution in [0.25, 0.3) is 0 Å². The standard InChI is InChI=1S/C18H26IN3O4/c1-17(2,3)25-15(23)21-14(20)22(16(24)26-18(4,5)6)11-12-8-7-9-13(19)10-12/h7-10H,11H2,1-6H3,(H2,20,21,23)/i19-4. The summed E-state index contributed by atoms with van der Waals surface area (Å²) in [6.07, 6.45) is -1.56. The molecule has 144 valence electrons. The fourth-order valence-corrected chi connectivity index (χ4v) is 2.42. The Kier molecular flexibility index (Phi) is 7.43. The molecule has 0 bridgehead atoms. The number of ether oxygens (including phenoxy) is 2. The number of aliphatic imine (C=N–C) groups is 1. The van der Waals surface area contributed by atoms with Gasteiger partial charge in [-0.1, -0.05) is 12.1 Å². The van der Waals surface area contributed by atoms with Crippen LogP contribution in [0, 0.1) is 3.57 Å². The average molecular weight is 471 g/mol. The molecule has 8 heteroatoms. The molecule has 0 unspecified atom stereocenters. The number of nitrogens with two attached hydrogens (primary N) is 1. The zero-order valence-corrected chi connectivity index (χ0v) is 18.2. The highest BCUT2D eigenvalue weighted by Crippen LogP contribution is 2.15. The smallest absolute Gasteiger partial charge is 0.437 e. The molecule has 0 aromatic heterocycles. The van der Waals surface area contributed by atoms with Crippen LogP contribution in [0.15, 0.2) is 29.3 Å². The molecule has 0 spiro atoms. The summed E-state index contributed by atoms with van der Waals surface area (Å²) in [6.45, 7) is 10.5. The Hall–Kier alpha value is -1.84. The van der Waals surface area contributed by atoms with E-state index in [1.54, 1.807) is 41.5 Å². The molecule has 0 saturated heterocycles. The van der Waals surface area contributed by atoms with Crippen molar-refractivity contribution in [2.45, 2.75) is 59.3 Å². The minimum absolute atomic E-state index is 0.115. The lowest BCUT2D eigenvalue weighted by atomic mass is 10.2. The van der Waals surface area contributed by atoms with E-state index < -0.39 is 23.4 Å². The van der Waals surface area contributed by atoms with Crippen LogP contribution in [-0.2, 0) is 16.0 Å². The molecule has 2 N–H and O–H groups in total. The zero-order chi connectivity index (χ0) is 20.1. The van der Waals surface area contributed by atoms with E-state index in [0.29, 0.717) is 0 Å². The first-order chi connectivity index (χ1) is 11.8. The monoisotopic (exact) mass is 471 g/mol. The van der Waals surface area contributed by atoms with Gasteiger partial charge in [0.05, 0.1) is 6.54 Å². The molecule has 0 radical (unpaired) electrons. The van der Waals surface area contributed by atoms with E-state index in [0.717, 1.165) is 14.0 Å². The van der Waals surface area contributed by atoms with E-state index in [9.17, 15) is 9.59 Å². The number of halogens is 1. The van der Waals surface area contributed by atoms with Crippen molar-refractivity contribution >= 4 is 40.7 Å². The largest absolute Gasteiger partial charge is 0.443 e. The molecule has 0 saturated carbocycles. The molecule has 0 heterocycles. The Morgan fingerprint density at radius 3 is 2.19 bits per heavy atom. The number of nitrogens with zero attached hydrogens (tertiary/aromatic N) is 2. The molecule has 1 aromatic carbocycles. The number of rotatable bonds is 2. The Morgan fingerprint density at radius 2 is 1.69 bits per heavy atom. The maximum absolute atomic E-state index is 12.5. The topological polar surface area (TPSA) is 94.2 Å². The highest BCUT2D eigenvalue weighted by molar-refractivity contribution is 14.1. The van der Waals surface area contributed by atoms with Crippen molar-refractivity contribution in [3.63, 3.8) is 0 Å². The van der Waals surface area contributed by atoms with Crippen molar-refractivity contribution in [1.82, 2.24) is 4.90 Å². The van der Waals surface area contributed by atoms with Crippen molar-refractivity contribution in [3.05, 3.63) is 33.4 Å². The third kappa shape index (κ3) is 8.50. The molecule has 0 fully saturated rings. The van der Waals surface area contributed by atoms with Gasteiger partial charge in [-0.2, -0.15) is 0 Å². The van der Waals surface area contributed by atoms with Gasteiger partial charge in [-0.3, -0.25) is 0 Å². The summed E-state index contributed by atoms with van der Waals surface area (Å²) in [6, 6.07) is 7.55. The zero-order valence-electron chi connectivity index (χ0n) is 16.0. The Morgan fingerprint density at radius 1 is 1.12 bits per heavy atom. The van der Waals surface area contributed by atoms with Gasteiger partial charge < -0.3 is 15.2 Å². The highest BCUT2D eigenvalue weighted by atomic mass is 123. The van der Waals surface area contributed by atoms with Crippen LogP contribution >= 0.6 is 22.6 Å². The van der Waals surface area contributed by atoms with Gasteiger partial charge in [-0.05, 0) is 81.8 Å². The second-order valence-corrected chi connectivity index (χ2v) is 8.89. The first-order valence-electron chi connectivity index (χ1n) is 8.09. The summed E-state index contributed by atoms with van der Waals surface area (Å²) in [5.41, 5.74) is 5.31. The van der Waals surface area contributed by atoms with Crippen LogP contribution in [0.5, 0.6) is 0 Å². The number of carbonyl (C=O) groups is 2. The van der Waals surface area contributed by atoms with Crippen LogP contribution in [0.1, 0.15) is 47.1 Å². The average Bonchev–Trinajstić information content (AvgIpc) is 2.40. The first-order valence-corrected chi connectivity index (χ1v) is 9.17. The predicted molar refractivity (Wildman–Crippen MR) is 109 cm³/mol. The summed E-state index contributed by atoms with van der Waals surface area (Å²) >= 11 is 2.17. The van der Waals surface area contributed by atoms with E-state index in [1.165, 1.54) is 0 Å². The summed E-state index contributed by atoms with van der Waals surface area (Å²) in [7, 11) is 0. The van der Waals surface area contributed by atoms with E-state index >= 15 is 0 Å². The molecule has 1 rings (SSSR count). The van der Waals surface area contributed by atoms with Gasteiger partial charge in [0, 0.05) is 3.57 Å². The first kappa shape index (κ1) is 22.2. The summed E-state index contributed by atoms with van der Waals surface area (Å²) in [5, 5.41) is 0. The third-order valence-corrected chi connectivity index (χ3v) is 3.39. The fraction of sp³-hybridized carbons (Fsp3) is 0.500. The van der Waals surface area contributed by atoms with Crippen molar-refractivity contribution < 1.29 is 19.1 Å². The van der Waals surface area contributed by atoms with Crippen LogP contribution in [0.3, 0.4) is 0 Å². The van der Waals surface area contributed by atoms with Gasteiger partial charge in [0.2, 0.25) is 5.96 Å². The molecule has 26 heavy (non-hydrogen) atoms. The van der Waals surface area contributed by atoms with Crippen LogP contribution < -0.4 is 5.73 Å². The summed E-state index contributed by atoms with van der Waals surface area (Å²) < 4.78 is 11.5. The van der Waals surface area contributed by atoms with Crippen molar-refractivity contribution in [3.8, 4) is 0 Å². The number of amides is 2. The SMILES string of the molecule is CC(C)(C)OC(=O)/N=C(\N)N(Cc1cccc([123I])c1)C(=O)OC(C)(C)C. The lowest BCUT2D eigenvalue weighted by Crippen LogP contribution is -2.44. The van der Waals surface area contributed by atoms with E-state index in [2.05, 4.69) is 27.6 Å². The Bertz CT molecular complexity index is 690. The lowest BCUT2D eigenvalue weighted by molar-refractivity contribution is 0.0356. The van der Waals surface area contributed by atoms with Crippen LogP contribution in [-0.4, -0.2) is 34.2 Å². The van der Waals surface area contributed by atoms with E-state index in [1.807, 2.05) is 24.3 Å². The van der Waals surface area contributed by atoms with Crippen molar-refractivity contribution in [1.29, 1.82) is 0 Å². The normalized spacial score (nSPS) is 12.5. The number of guanidine groups is 1. The second-order valence-electron chi connectivity index (χ2n) is 7.65. The van der Waals surface area contributed by atoms with Gasteiger partial charge in [0.25, 0.3) is 0 Å². The molecule has 0 aliphatic heterocycles. The number of hydrogen-bond acceptors (Lipinski definition) is 4. The lowest BCUT2D eigenvalue weighted by Gasteiger charge is -2.27. The molecule has 1 aromatic rings.